The van der Waals surface area contributed by atoms with Gasteiger partial charge in [-0.1, -0.05) is 36.4 Å². The molecule has 0 amide bonds. The predicted molar refractivity (Wildman–Crippen MR) is 67.8 cm³/mol. The molecule has 0 N–H and O–H groups in total. The van der Waals surface area contributed by atoms with Gasteiger partial charge in [-0.25, -0.2) is 0 Å². The number of nitrogens with zero attached hydrogens (tertiary/aromatic N) is 3. The lowest BCUT2D eigenvalue weighted by Gasteiger charge is -2.03. The van der Waals surface area contributed by atoms with E-state index < -0.39 is 0 Å². The minimum atomic E-state index is 0.724. The summed E-state index contributed by atoms with van der Waals surface area (Å²) in [6.45, 7) is 2.83. The molecule has 2 aromatic carbocycles. The molecular weight excluding hydrogens is 210 g/mol. The number of rotatable bonds is 2. The summed E-state index contributed by atoms with van der Waals surface area (Å²) in [5.41, 5.74) is 4.42. The molecule has 3 nitrogen and oxygen atoms in total. The van der Waals surface area contributed by atoms with Crippen LogP contribution in [-0.4, -0.2) is 15.0 Å². The van der Waals surface area contributed by atoms with Gasteiger partial charge in [0.05, 0.1) is 6.54 Å². The Morgan fingerprint density at radius 3 is 2.12 bits per heavy atom. The highest BCUT2D eigenvalue weighted by Crippen LogP contribution is 2.11. The molecule has 0 aliphatic heterocycles. The van der Waals surface area contributed by atoms with E-state index in [1.165, 1.54) is 11.1 Å². The summed E-state index contributed by atoms with van der Waals surface area (Å²) in [4.78, 5) is 1.76. The molecule has 0 aliphatic rings. The molecule has 0 atom stereocenters. The highest BCUT2D eigenvalue weighted by Gasteiger charge is 2.03. The van der Waals surface area contributed by atoms with Gasteiger partial charge in [0, 0.05) is 0 Å². The van der Waals surface area contributed by atoms with Gasteiger partial charge >= 0.3 is 0 Å². The SMILES string of the molecule is Cc1ccccc1Cn1nc2ccccc2n1. The average Bonchev–Trinajstić information content (AvgIpc) is 2.74. The topological polar surface area (TPSA) is 30.7 Å². The maximum atomic E-state index is 4.45. The molecule has 3 aromatic rings. The smallest absolute Gasteiger partial charge is 0.113 e. The first-order valence-electron chi connectivity index (χ1n) is 5.67. The van der Waals surface area contributed by atoms with Gasteiger partial charge in [0.15, 0.2) is 0 Å². The summed E-state index contributed by atoms with van der Waals surface area (Å²) in [6.07, 6.45) is 0. The molecule has 3 heteroatoms. The van der Waals surface area contributed by atoms with Crippen molar-refractivity contribution in [1.82, 2.24) is 15.0 Å². The summed E-state index contributed by atoms with van der Waals surface area (Å²) in [5, 5.41) is 8.91. The van der Waals surface area contributed by atoms with Gasteiger partial charge in [-0.2, -0.15) is 15.0 Å². The van der Waals surface area contributed by atoms with Gasteiger partial charge in [-0.15, -0.1) is 0 Å². The summed E-state index contributed by atoms with van der Waals surface area (Å²) >= 11 is 0. The van der Waals surface area contributed by atoms with Crippen LogP contribution in [0.1, 0.15) is 11.1 Å². The first-order chi connectivity index (χ1) is 8.33. The molecule has 0 aliphatic carbocycles. The van der Waals surface area contributed by atoms with Crippen LogP contribution in [0.2, 0.25) is 0 Å². The molecule has 3 rings (SSSR count). The average molecular weight is 223 g/mol. The number of hydrogen-bond acceptors (Lipinski definition) is 2. The van der Waals surface area contributed by atoms with Crippen LogP contribution in [0, 0.1) is 6.92 Å². The van der Waals surface area contributed by atoms with E-state index in [1.807, 2.05) is 36.4 Å². The molecule has 0 bridgehead atoms. The lowest BCUT2D eigenvalue weighted by atomic mass is 10.1. The van der Waals surface area contributed by atoms with Crippen LogP contribution in [-0.2, 0) is 6.54 Å². The van der Waals surface area contributed by atoms with Gasteiger partial charge in [0.1, 0.15) is 11.0 Å². The maximum Gasteiger partial charge on any atom is 0.113 e. The van der Waals surface area contributed by atoms with Gasteiger partial charge in [-0.3, -0.25) is 0 Å². The Bertz CT molecular complexity index is 622. The van der Waals surface area contributed by atoms with E-state index in [0.29, 0.717) is 0 Å². The molecule has 0 saturated carbocycles. The van der Waals surface area contributed by atoms with Crippen molar-refractivity contribution in [2.45, 2.75) is 13.5 Å². The standard InChI is InChI=1S/C14H13N3/c1-11-6-2-3-7-12(11)10-17-15-13-8-4-5-9-14(13)16-17/h2-9H,10H2,1H3. The monoisotopic (exact) mass is 223 g/mol. The number of fused-ring (bicyclic) bond motifs is 1. The van der Waals surface area contributed by atoms with Crippen molar-refractivity contribution in [2.75, 3.05) is 0 Å². The second-order valence-electron chi connectivity index (χ2n) is 4.15. The maximum absolute atomic E-state index is 4.45. The summed E-state index contributed by atoms with van der Waals surface area (Å²) < 4.78 is 0. The summed E-state index contributed by atoms with van der Waals surface area (Å²) in [6, 6.07) is 16.2. The predicted octanol–water partition coefficient (Wildman–Crippen LogP) is 2.79. The Morgan fingerprint density at radius 1 is 0.882 bits per heavy atom. The number of aromatic nitrogens is 3. The van der Waals surface area contributed by atoms with E-state index >= 15 is 0 Å². The molecule has 0 unspecified atom stereocenters. The van der Waals surface area contributed by atoms with Gasteiger partial charge in [-0.05, 0) is 30.2 Å². The first-order valence-corrected chi connectivity index (χ1v) is 5.67. The molecule has 0 radical (unpaired) electrons. The molecule has 17 heavy (non-hydrogen) atoms. The zero-order valence-corrected chi connectivity index (χ0v) is 9.67. The second kappa shape index (κ2) is 4.01. The minimum absolute atomic E-state index is 0.724. The molecule has 0 saturated heterocycles. The number of aryl methyl sites for hydroxylation is 1. The van der Waals surface area contributed by atoms with E-state index in [9.17, 15) is 0 Å². The Kier molecular flexibility index (Phi) is 2.37. The Balaban J connectivity index is 1.98. The van der Waals surface area contributed by atoms with E-state index in [4.69, 9.17) is 0 Å². The van der Waals surface area contributed by atoms with Crippen LogP contribution in [0.3, 0.4) is 0 Å². The fraction of sp³-hybridized carbons (Fsp3) is 0.143. The van der Waals surface area contributed by atoms with E-state index in [1.54, 1.807) is 4.80 Å². The van der Waals surface area contributed by atoms with Crippen LogP contribution in [0.5, 0.6) is 0 Å². The lowest BCUT2D eigenvalue weighted by molar-refractivity contribution is 0.598. The lowest BCUT2D eigenvalue weighted by Crippen LogP contribution is -2.04. The van der Waals surface area contributed by atoms with Crippen molar-refractivity contribution < 1.29 is 0 Å². The van der Waals surface area contributed by atoms with Crippen LogP contribution < -0.4 is 0 Å². The van der Waals surface area contributed by atoms with Gasteiger partial charge < -0.3 is 0 Å². The second-order valence-corrected chi connectivity index (χ2v) is 4.15. The highest BCUT2D eigenvalue weighted by molar-refractivity contribution is 5.72. The molecular formula is C14H13N3. The largest absolute Gasteiger partial charge is 0.179 e. The molecule has 1 aromatic heterocycles. The van der Waals surface area contributed by atoms with Crippen molar-refractivity contribution in [1.29, 1.82) is 0 Å². The third-order valence-electron chi connectivity index (χ3n) is 2.90. The molecule has 1 heterocycles. The van der Waals surface area contributed by atoms with Gasteiger partial charge in [0.2, 0.25) is 0 Å². The van der Waals surface area contributed by atoms with E-state index in [2.05, 4.69) is 29.3 Å². The summed E-state index contributed by atoms with van der Waals surface area (Å²) in [7, 11) is 0. The molecule has 0 fully saturated rings. The number of hydrogen-bond donors (Lipinski definition) is 0. The van der Waals surface area contributed by atoms with Crippen molar-refractivity contribution in [3.05, 3.63) is 59.7 Å². The fourth-order valence-electron chi connectivity index (χ4n) is 1.91. The highest BCUT2D eigenvalue weighted by atomic mass is 15.5. The van der Waals surface area contributed by atoms with Crippen molar-refractivity contribution >= 4 is 11.0 Å². The Morgan fingerprint density at radius 2 is 1.47 bits per heavy atom. The normalized spacial score (nSPS) is 10.9. The zero-order valence-electron chi connectivity index (χ0n) is 9.67. The Labute approximate surface area is 99.7 Å². The first kappa shape index (κ1) is 10.0. The van der Waals surface area contributed by atoms with Crippen molar-refractivity contribution in [2.24, 2.45) is 0 Å². The molecule has 84 valence electrons. The van der Waals surface area contributed by atoms with Crippen LogP contribution in [0.4, 0.5) is 0 Å². The number of benzene rings is 2. The van der Waals surface area contributed by atoms with Crippen molar-refractivity contribution in [3.8, 4) is 0 Å². The van der Waals surface area contributed by atoms with E-state index in [-0.39, 0.29) is 0 Å². The van der Waals surface area contributed by atoms with Gasteiger partial charge in [0.25, 0.3) is 0 Å². The quantitative estimate of drug-likeness (QED) is 0.668. The zero-order chi connectivity index (χ0) is 11.7. The minimum Gasteiger partial charge on any atom is -0.179 e. The Hall–Kier alpha value is -2.16. The third kappa shape index (κ3) is 1.91. The molecule has 0 spiro atoms. The van der Waals surface area contributed by atoms with Crippen LogP contribution in [0.15, 0.2) is 48.5 Å². The van der Waals surface area contributed by atoms with Crippen LogP contribution >= 0.6 is 0 Å². The summed E-state index contributed by atoms with van der Waals surface area (Å²) in [5.74, 6) is 0. The fourth-order valence-corrected chi connectivity index (χ4v) is 1.91. The van der Waals surface area contributed by atoms with E-state index in [0.717, 1.165) is 17.6 Å². The van der Waals surface area contributed by atoms with Crippen molar-refractivity contribution in [3.63, 3.8) is 0 Å². The van der Waals surface area contributed by atoms with Crippen LogP contribution in [0.25, 0.3) is 11.0 Å². The third-order valence-corrected chi connectivity index (χ3v) is 2.90.